The van der Waals surface area contributed by atoms with Gasteiger partial charge in [0.1, 0.15) is 0 Å². The van der Waals surface area contributed by atoms with Crippen LogP contribution in [-0.4, -0.2) is 18.9 Å². The van der Waals surface area contributed by atoms with Gasteiger partial charge in [0, 0.05) is 25.4 Å². The molecule has 2 heteroatoms. The van der Waals surface area contributed by atoms with Crippen LogP contribution < -0.4 is 5.32 Å². The van der Waals surface area contributed by atoms with Crippen LogP contribution in [0.3, 0.4) is 0 Å². The maximum absolute atomic E-state index is 4.52. The van der Waals surface area contributed by atoms with Gasteiger partial charge >= 0.3 is 0 Å². The van der Waals surface area contributed by atoms with Crippen molar-refractivity contribution in [2.75, 3.05) is 13.1 Å². The molecule has 1 heterocycles. The molecule has 84 valence electrons. The zero-order chi connectivity index (χ0) is 10.8. The number of hydrogen-bond acceptors (Lipinski definition) is 2. The molecule has 1 unspecified atom stereocenters. The molecule has 3 rings (SSSR count). The first-order valence-corrected chi connectivity index (χ1v) is 6.28. The predicted octanol–water partition coefficient (Wildman–Crippen LogP) is 2.50. The number of amidine groups is 1. The van der Waals surface area contributed by atoms with Gasteiger partial charge in [-0.05, 0) is 30.4 Å². The van der Waals surface area contributed by atoms with Gasteiger partial charge in [-0.3, -0.25) is 4.99 Å². The Labute approximate surface area is 96.8 Å². The van der Waals surface area contributed by atoms with Crippen molar-refractivity contribution in [3.63, 3.8) is 0 Å². The summed E-state index contributed by atoms with van der Waals surface area (Å²) in [6.45, 7) is 2.08. The molecule has 0 saturated heterocycles. The van der Waals surface area contributed by atoms with Crippen LogP contribution in [-0.2, 0) is 6.42 Å². The Morgan fingerprint density at radius 1 is 1.25 bits per heavy atom. The fourth-order valence-corrected chi connectivity index (χ4v) is 2.63. The second kappa shape index (κ2) is 4.28. The van der Waals surface area contributed by atoms with Gasteiger partial charge in [-0.15, -0.1) is 0 Å². The Hall–Kier alpha value is -1.31. The number of fused-ring (bicyclic) bond motifs is 1. The number of nitrogens with zero attached hydrogens (tertiary/aromatic N) is 1. The number of nitrogens with one attached hydrogen (secondary N) is 1. The van der Waals surface area contributed by atoms with Crippen LogP contribution in [0, 0.1) is 0 Å². The van der Waals surface area contributed by atoms with Gasteiger partial charge in [0.2, 0.25) is 0 Å². The van der Waals surface area contributed by atoms with E-state index in [2.05, 4.69) is 34.6 Å². The molecule has 1 aromatic carbocycles. The van der Waals surface area contributed by atoms with E-state index in [1.165, 1.54) is 36.2 Å². The highest BCUT2D eigenvalue weighted by Crippen LogP contribution is 2.34. The summed E-state index contributed by atoms with van der Waals surface area (Å²) < 4.78 is 0. The summed E-state index contributed by atoms with van der Waals surface area (Å²) in [5.74, 6) is 1.94. The van der Waals surface area contributed by atoms with Crippen molar-refractivity contribution >= 4 is 5.84 Å². The molecule has 0 aromatic heterocycles. The number of hydrogen-bond donors (Lipinski definition) is 1. The molecule has 0 bridgehead atoms. The van der Waals surface area contributed by atoms with Crippen LogP contribution in [0.4, 0.5) is 0 Å². The molecular formula is C14H18N2. The van der Waals surface area contributed by atoms with E-state index in [1.54, 1.807) is 0 Å². The van der Waals surface area contributed by atoms with Gasteiger partial charge in [0.15, 0.2) is 0 Å². The van der Waals surface area contributed by atoms with Crippen LogP contribution in [0.25, 0.3) is 0 Å². The Morgan fingerprint density at radius 2 is 2.19 bits per heavy atom. The molecule has 2 nitrogen and oxygen atoms in total. The zero-order valence-electron chi connectivity index (χ0n) is 9.58. The summed E-state index contributed by atoms with van der Waals surface area (Å²) in [6, 6.07) is 8.77. The second-order valence-electron chi connectivity index (χ2n) is 4.77. The summed E-state index contributed by atoms with van der Waals surface area (Å²) in [7, 11) is 0. The highest BCUT2D eigenvalue weighted by atomic mass is 15.0. The molecule has 1 aliphatic heterocycles. The van der Waals surface area contributed by atoms with Gasteiger partial charge in [-0.2, -0.15) is 0 Å². The van der Waals surface area contributed by atoms with E-state index in [0.717, 1.165) is 19.5 Å². The lowest BCUT2D eigenvalue weighted by atomic mass is 9.77. The van der Waals surface area contributed by atoms with Crippen LogP contribution in [0.2, 0.25) is 0 Å². The summed E-state index contributed by atoms with van der Waals surface area (Å²) in [4.78, 5) is 4.52. The van der Waals surface area contributed by atoms with Gasteiger partial charge in [-0.25, -0.2) is 0 Å². The molecule has 1 aromatic rings. The third-order valence-electron chi connectivity index (χ3n) is 3.64. The van der Waals surface area contributed by atoms with E-state index in [9.17, 15) is 0 Å². The fraction of sp³-hybridized carbons (Fsp3) is 0.500. The SMILES string of the molecule is c1ccc2c(c1)CC2CNC1=NCCCC1. The second-order valence-corrected chi connectivity index (χ2v) is 4.77. The van der Waals surface area contributed by atoms with Crippen molar-refractivity contribution < 1.29 is 0 Å². The van der Waals surface area contributed by atoms with E-state index >= 15 is 0 Å². The minimum atomic E-state index is 0.709. The van der Waals surface area contributed by atoms with Gasteiger partial charge in [-0.1, -0.05) is 24.3 Å². The largest absolute Gasteiger partial charge is 0.373 e. The molecular weight excluding hydrogens is 196 g/mol. The summed E-state index contributed by atoms with van der Waals surface area (Å²) in [5, 5.41) is 3.51. The topological polar surface area (TPSA) is 24.4 Å². The summed E-state index contributed by atoms with van der Waals surface area (Å²) in [5.41, 5.74) is 3.06. The lowest BCUT2D eigenvalue weighted by Gasteiger charge is -2.31. The quantitative estimate of drug-likeness (QED) is 0.803. The van der Waals surface area contributed by atoms with Crippen molar-refractivity contribution in [2.45, 2.75) is 31.6 Å². The molecule has 2 aliphatic rings. The monoisotopic (exact) mass is 214 g/mol. The smallest absolute Gasteiger partial charge is 0.0963 e. The molecule has 0 radical (unpaired) electrons. The third-order valence-corrected chi connectivity index (χ3v) is 3.64. The van der Waals surface area contributed by atoms with Crippen molar-refractivity contribution in [3.8, 4) is 0 Å². The van der Waals surface area contributed by atoms with Crippen molar-refractivity contribution in [2.24, 2.45) is 4.99 Å². The van der Waals surface area contributed by atoms with E-state index in [4.69, 9.17) is 0 Å². The lowest BCUT2D eigenvalue weighted by molar-refractivity contribution is 0.580. The van der Waals surface area contributed by atoms with E-state index in [0.29, 0.717) is 5.92 Å². The summed E-state index contributed by atoms with van der Waals surface area (Å²) >= 11 is 0. The lowest BCUT2D eigenvalue weighted by Crippen LogP contribution is -2.34. The first kappa shape index (κ1) is 9.88. The molecule has 1 aliphatic carbocycles. The van der Waals surface area contributed by atoms with E-state index in [1.807, 2.05) is 0 Å². The Morgan fingerprint density at radius 3 is 3.00 bits per heavy atom. The molecule has 1 N–H and O–H groups in total. The van der Waals surface area contributed by atoms with Gasteiger partial charge in [0.25, 0.3) is 0 Å². The molecule has 0 spiro atoms. The van der Waals surface area contributed by atoms with Crippen molar-refractivity contribution in [3.05, 3.63) is 35.4 Å². The summed E-state index contributed by atoms with van der Waals surface area (Å²) in [6.07, 6.45) is 4.94. The highest BCUT2D eigenvalue weighted by Gasteiger charge is 2.25. The minimum absolute atomic E-state index is 0.709. The number of rotatable bonds is 2. The van der Waals surface area contributed by atoms with Gasteiger partial charge < -0.3 is 5.32 Å². The Kier molecular flexibility index (Phi) is 2.65. The Balaban J connectivity index is 1.56. The van der Waals surface area contributed by atoms with E-state index < -0.39 is 0 Å². The first-order chi connectivity index (χ1) is 7.93. The average molecular weight is 214 g/mol. The standard InChI is InChI=1S/C14H18N2/c1-2-6-13-11(5-1)9-12(13)10-16-14-7-3-4-8-15-14/h1-2,5-6,12H,3-4,7-10H2,(H,15,16). The molecule has 0 saturated carbocycles. The highest BCUT2D eigenvalue weighted by molar-refractivity contribution is 5.82. The Bertz CT molecular complexity index is 409. The van der Waals surface area contributed by atoms with Crippen molar-refractivity contribution in [1.29, 1.82) is 0 Å². The molecule has 1 atom stereocenters. The zero-order valence-corrected chi connectivity index (χ0v) is 9.58. The van der Waals surface area contributed by atoms with Crippen molar-refractivity contribution in [1.82, 2.24) is 5.32 Å². The first-order valence-electron chi connectivity index (χ1n) is 6.28. The average Bonchev–Trinajstić information content (AvgIpc) is 2.32. The van der Waals surface area contributed by atoms with Crippen LogP contribution in [0.5, 0.6) is 0 Å². The van der Waals surface area contributed by atoms with Crippen LogP contribution in [0.1, 0.15) is 36.3 Å². The molecule has 0 fully saturated rings. The molecule has 0 amide bonds. The minimum Gasteiger partial charge on any atom is -0.373 e. The predicted molar refractivity (Wildman–Crippen MR) is 67.0 cm³/mol. The number of benzene rings is 1. The maximum atomic E-state index is 4.52. The normalized spacial score (nSPS) is 23.0. The third kappa shape index (κ3) is 1.84. The fourth-order valence-electron chi connectivity index (χ4n) is 2.63. The van der Waals surface area contributed by atoms with Crippen LogP contribution >= 0.6 is 0 Å². The van der Waals surface area contributed by atoms with Crippen LogP contribution in [0.15, 0.2) is 29.3 Å². The number of aliphatic imine (C=N–C) groups is 1. The molecule has 16 heavy (non-hydrogen) atoms. The van der Waals surface area contributed by atoms with Gasteiger partial charge in [0.05, 0.1) is 5.84 Å². The van der Waals surface area contributed by atoms with E-state index in [-0.39, 0.29) is 0 Å². The maximum Gasteiger partial charge on any atom is 0.0963 e.